The number of hydrogen-bond acceptors (Lipinski definition) is 5. The topological polar surface area (TPSA) is 55.2 Å². The number of nitrogens with zero attached hydrogens (tertiary/aromatic N) is 3. The van der Waals surface area contributed by atoms with Crippen LogP contribution in [0.1, 0.15) is 26.7 Å². The van der Waals surface area contributed by atoms with Crippen molar-refractivity contribution >= 4 is 50.8 Å². The molecule has 0 saturated carbocycles. The van der Waals surface area contributed by atoms with Crippen molar-refractivity contribution in [3.8, 4) is 5.69 Å². The number of rotatable bonds is 8. The van der Waals surface area contributed by atoms with Crippen molar-refractivity contribution < 1.29 is 4.79 Å². The van der Waals surface area contributed by atoms with E-state index in [0.29, 0.717) is 32.6 Å². The van der Waals surface area contributed by atoms with Gasteiger partial charge < -0.3 is 4.90 Å². The Labute approximate surface area is 177 Å². The first kappa shape index (κ1) is 20.9. The Morgan fingerprint density at radius 3 is 2.68 bits per heavy atom. The molecule has 0 aliphatic rings. The van der Waals surface area contributed by atoms with Gasteiger partial charge in [0.15, 0.2) is 5.16 Å². The number of aromatic nitrogens is 2. The molecule has 2 aromatic heterocycles. The highest BCUT2D eigenvalue weighted by Gasteiger charge is 2.17. The minimum Gasteiger partial charge on any atom is -0.342 e. The molecule has 148 valence electrons. The van der Waals surface area contributed by atoms with Crippen LogP contribution in [0.4, 0.5) is 0 Å². The summed E-state index contributed by atoms with van der Waals surface area (Å²) in [6, 6.07) is 8.89. The number of amides is 1. The molecule has 1 aromatic carbocycles. The van der Waals surface area contributed by atoms with Crippen molar-refractivity contribution in [1.82, 2.24) is 14.5 Å². The van der Waals surface area contributed by atoms with E-state index in [4.69, 9.17) is 11.6 Å². The van der Waals surface area contributed by atoms with Gasteiger partial charge in [-0.3, -0.25) is 14.2 Å². The van der Waals surface area contributed by atoms with Gasteiger partial charge in [-0.15, -0.1) is 11.3 Å². The van der Waals surface area contributed by atoms with E-state index in [-0.39, 0.29) is 17.2 Å². The predicted octanol–water partition coefficient (Wildman–Crippen LogP) is 4.84. The van der Waals surface area contributed by atoms with Crippen LogP contribution in [0.5, 0.6) is 0 Å². The zero-order valence-corrected chi connectivity index (χ0v) is 18.2. The Kier molecular flexibility index (Phi) is 7.15. The van der Waals surface area contributed by atoms with Gasteiger partial charge in [0.2, 0.25) is 5.91 Å². The molecule has 0 aliphatic heterocycles. The van der Waals surface area contributed by atoms with Gasteiger partial charge in [-0.2, -0.15) is 0 Å². The number of carbonyl (C=O) groups excluding carboxylic acids is 1. The third kappa shape index (κ3) is 4.59. The zero-order chi connectivity index (χ0) is 20.1. The van der Waals surface area contributed by atoms with E-state index >= 15 is 0 Å². The smallest absolute Gasteiger partial charge is 0.276 e. The third-order valence-electron chi connectivity index (χ3n) is 4.37. The van der Waals surface area contributed by atoms with E-state index in [1.54, 1.807) is 28.8 Å². The first-order valence-electron chi connectivity index (χ1n) is 9.22. The molecule has 3 aromatic rings. The second-order valence-electron chi connectivity index (χ2n) is 6.26. The number of unbranched alkanes of at least 4 members (excludes halogenated alkanes) is 1. The molecule has 0 aliphatic carbocycles. The quantitative estimate of drug-likeness (QED) is 0.375. The predicted molar refractivity (Wildman–Crippen MR) is 118 cm³/mol. The molecule has 0 saturated heterocycles. The van der Waals surface area contributed by atoms with E-state index in [1.165, 1.54) is 23.1 Å². The Morgan fingerprint density at radius 2 is 2.00 bits per heavy atom. The lowest BCUT2D eigenvalue weighted by molar-refractivity contribution is -0.128. The van der Waals surface area contributed by atoms with Crippen molar-refractivity contribution in [2.24, 2.45) is 0 Å². The van der Waals surface area contributed by atoms with Crippen LogP contribution in [-0.2, 0) is 4.79 Å². The minimum absolute atomic E-state index is 0.0586. The van der Waals surface area contributed by atoms with Crippen LogP contribution in [-0.4, -0.2) is 39.2 Å². The summed E-state index contributed by atoms with van der Waals surface area (Å²) in [5.41, 5.74) is 1.22. The third-order valence-corrected chi connectivity index (χ3v) is 6.44. The molecular formula is C20H22ClN3O2S2. The van der Waals surface area contributed by atoms with Crippen LogP contribution in [0.2, 0.25) is 5.02 Å². The molecule has 0 spiro atoms. The fourth-order valence-electron chi connectivity index (χ4n) is 2.83. The van der Waals surface area contributed by atoms with Gasteiger partial charge >= 0.3 is 0 Å². The normalized spacial score (nSPS) is 11.1. The summed E-state index contributed by atoms with van der Waals surface area (Å²) in [6.45, 7) is 5.53. The first-order chi connectivity index (χ1) is 13.5. The standard InChI is InChI=1S/C20H22ClN3O2S2/c1-3-5-11-23(4-2)17(25)13-28-20-22-16-10-12-27-18(16)19(26)24(20)15-8-6-14(21)7-9-15/h6-10,12H,3-5,11,13H2,1-2H3. The largest absolute Gasteiger partial charge is 0.342 e. The SMILES string of the molecule is CCCCN(CC)C(=O)CSc1nc2ccsc2c(=O)n1-c1ccc(Cl)cc1. The molecule has 0 bridgehead atoms. The maximum absolute atomic E-state index is 13.1. The highest BCUT2D eigenvalue weighted by molar-refractivity contribution is 7.99. The number of carbonyl (C=O) groups is 1. The maximum Gasteiger partial charge on any atom is 0.276 e. The molecule has 0 unspecified atom stereocenters. The molecule has 0 fully saturated rings. The summed E-state index contributed by atoms with van der Waals surface area (Å²) in [7, 11) is 0. The van der Waals surface area contributed by atoms with Crippen LogP contribution in [0, 0.1) is 0 Å². The van der Waals surface area contributed by atoms with Gasteiger partial charge in [0.25, 0.3) is 5.56 Å². The van der Waals surface area contributed by atoms with E-state index in [1.807, 2.05) is 23.3 Å². The Morgan fingerprint density at radius 1 is 1.25 bits per heavy atom. The molecule has 1 amide bonds. The van der Waals surface area contributed by atoms with Gasteiger partial charge in [-0.25, -0.2) is 4.98 Å². The fraction of sp³-hybridized carbons (Fsp3) is 0.350. The minimum atomic E-state index is -0.129. The van der Waals surface area contributed by atoms with Gasteiger partial charge in [0.05, 0.1) is 17.0 Å². The summed E-state index contributed by atoms with van der Waals surface area (Å²) in [4.78, 5) is 32.2. The first-order valence-corrected chi connectivity index (χ1v) is 11.5. The second kappa shape index (κ2) is 9.58. The molecule has 28 heavy (non-hydrogen) atoms. The van der Waals surface area contributed by atoms with Crippen molar-refractivity contribution in [2.75, 3.05) is 18.8 Å². The number of hydrogen-bond donors (Lipinski definition) is 0. The van der Waals surface area contributed by atoms with E-state index in [9.17, 15) is 9.59 Å². The van der Waals surface area contributed by atoms with Gasteiger partial charge in [-0.05, 0) is 49.1 Å². The van der Waals surface area contributed by atoms with Gasteiger partial charge in [-0.1, -0.05) is 36.7 Å². The average molecular weight is 436 g/mol. The number of fused-ring (bicyclic) bond motifs is 1. The molecular weight excluding hydrogens is 414 g/mol. The van der Waals surface area contributed by atoms with Crippen molar-refractivity contribution in [1.29, 1.82) is 0 Å². The molecule has 8 heteroatoms. The van der Waals surface area contributed by atoms with Crippen molar-refractivity contribution in [3.63, 3.8) is 0 Å². The lowest BCUT2D eigenvalue weighted by Gasteiger charge is -2.20. The maximum atomic E-state index is 13.1. The molecule has 0 radical (unpaired) electrons. The number of benzene rings is 1. The summed E-state index contributed by atoms with van der Waals surface area (Å²) in [5, 5.41) is 2.97. The lowest BCUT2D eigenvalue weighted by Crippen LogP contribution is -2.33. The van der Waals surface area contributed by atoms with Crippen molar-refractivity contribution in [3.05, 3.63) is 51.1 Å². The van der Waals surface area contributed by atoms with Crippen LogP contribution >= 0.6 is 34.7 Å². The monoisotopic (exact) mass is 435 g/mol. The Balaban J connectivity index is 1.93. The summed E-state index contributed by atoms with van der Waals surface area (Å²) < 4.78 is 2.17. The summed E-state index contributed by atoms with van der Waals surface area (Å²) >= 11 is 8.66. The lowest BCUT2D eigenvalue weighted by atomic mass is 10.3. The number of halogens is 1. The summed E-state index contributed by atoms with van der Waals surface area (Å²) in [6.07, 6.45) is 2.03. The highest BCUT2D eigenvalue weighted by atomic mass is 35.5. The van der Waals surface area contributed by atoms with Crippen LogP contribution in [0.3, 0.4) is 0 Å². The highest BCUT2D eigenvalue weighted by Crippen LogP contribution is 2.24. The molecule has 0 atom stereocenters. The van der Waals surface area contributed by atoms with E-state index in [2.05, 4.69) is 11.9 Å². The summed E-state index contributed by atoms with van der Waals surface area (Å²) in [5.74, 6) is 0.302. The van der Waals surface area contributed by atoms with Crippen molar-refractivity contribution in [2.45, 2.75) is 31.8 Å². The van der Waals surface area contributed by atoms with Crippen LogP contribution in [0.15, 0.2) is 45.7 Å². The van der Waals surface area contributed by atoms with Gasteiger partial charge in [0, 0.05) is 18.1 Å². The Bertz CT molecular complexity index is 1010. The van der Waals surface area contributed by atoms with Gasteiger partial charge in [0.1, 0.15) is 4.70 Å². The average Bonchev–Trinajstić information content (AvgIpc) is 3.17. The fourth-order valence-corrected chi connectivity index (χ4v) is 4.63. The molecule has 2 heterocycles. The Hall–Kier alpha value is -1.83. The zero-order valence-electron chi connectivity index (χ0n) is 15.9. The molecule has 3 rings (SSSR count). The van der Waals surface area contributed by atoms with E-state index in [0.717, 1.165) is 19.4 Å². The van der Waals surface area contributed by atoms with Crippen LogP contribution < -0.4 is 5.56 Å². The van der Waals surface area contributed by atoms with E-state index < -0.39 is 0 Å². The number of thiophene rings is 1. The molecule has 0 N–H and O–H groups in total. The number of thioether (sulfide) groups is 1. The molecule has 5 nitrogen and oxygen atoms in total. The van der Waals surface area contributed by atoms with Crippen LogP contribution in [0.25, 0.3) is 15.9 Å². The second-order valence-corrected chi connectivity index (χ2v) is 8.56.